The lowest BCUT2D eigenvalue weighted by Crippen LogP contribution is -2.30. The molecule has 0 aliphatic rings. The Balaban J connectivity index is 2.82. The molecule has 0 aromatic heterocycles. The molecule has 84 valence electrons. The predicted octanol–water partition coefficient (Wildman–Crippen LogP) is 1.63. The lowest BCUT2D eigenvalue weighted by Gasteiger charge is -2.20. The minimum Gasteiger partial charge on any atom is -0.414 e. The van der Waals surface area contributed by atoms with Gasteiger partial charge in [-0.15, -0.1) is 0 Å². The summed E-state index contributed by atoms with van der Waals surface area (Å²) in [5.41, 5.74) is -0.385. The van der Waals surface area contributed by atoms with Gasteiger partial charge in [0.05, 0.1) is 0 Å². The Morgan fingerprint density at radius 2 is 1.53 bits per heavy atom. The molecule has 15 heavy (non-hydrogen) atoms. The third-order valence-corrected chi connectivity index (χ3v) is 3.61. The molecule has 0 atom stereocenters. The fourth-order valence-electron chi connectivity index (χ4n) is 0.969. The van der Waals surface area contributed by atoms with Gasteiger partial charge in [-0.1, -0.05) is 0 Å². The molecule has 0 N–H and O–H groups in total. The van der Waals surface area contributed by atoms with Crippen molar-refractivity contribution < 1.29 is 17.6 Å². The molecule has 1 nitrogen and oxygen atoms in total. The van der Waals surface area contributed by atoms with Crippen LogP contribution in [0.3, 0.4) is 0 Å². The normalized spacial score (nSPS) is 12.7. The highest BCUT2D eigenvalue weighted by Gasteiger charge is 2.14. The van der Waals surface area contributed by atoms with Gasteiger partial charge in [0, 0.05) is 16.9 Å². The van der Waals surface area contributed by atoms with Gasteiger partial charge in [0.2, 0.25) is 0 Å². The van der Waals surface area contributed by atoms with Crippen molar-refractivity contribution in [3.63, 3.8) is 0 Å². The number of hydrogen-bond acceptors (Lipinski definition) is 1. The molecular weight excluding hydrogens is 221 g/mol. The molecule has 0 saturated carbocycles. The molecule has 0 saturated heterocycles. The van der Waals surface area contributed by atoms with Crippen molar-refractivity contribution >= 4 is 14.9 Å². The van der Waals surface area contributed by atoms with Crippen molar-refractivity contribution in [3.05, 3.63) is 29.6 Å². The van der Waals surface area contributed by atoms with Crippen LogP contribution in [0, 0.1) is 17.5 Å². The van der Waals surface area contributed by atoms with E-state index in [0.717, 1.165) is 6.07 Å². The molecule has 0 unspecified atom stereocenters. The van der Waals surface area contributed by atoms with Crippen molar-refractivity contribution in [3.8, 4) is 0 Å². The van der Waals surface area contributed by atoms with Crippen LogP contribution < -0.4 is 5.19 Å². The minimum absolute atomic E-state index is 0.156. The van der Waals surface area contributed by atoms with Crippen LogP contribution in [0.15, 0.2) is 12.1 Å². The third kappa shape index (κ3) is 3.68. The topological polar surface area (TPSA) is 9.23 Å². The van der Waals surface area contributed by atoms with E-state index >= 15 is 0 Å². The Morgan fingerprint density at radius 1 is 1.00 bits per heavy atom. The summed E-state index contributed by atoms with van der Waals surface area (Å²) >= 11 is 0. The van der Waals surface area contributed by atoms with Crippen LogP contribution in [0.4, 0.5) is 13.2 Å². The Bertz CT molecular complexity index is 360. The summed E-state index contributed by atoms with van der Waals surface area (Å²) in [4.78, 5) is 0. The van der Waals surface area contributed by atoms with E-state index in [4.69, 9.17) is 4.43 Å². The maximum absolute atomic E-state index is 13.2. The highest BCUT2D eigenvalue weighted by atomic mass is 28.2. The second-order valence-electron chi connectivity index (χ2n) is 4.26. The fraction of sp³-hybridized carbons (Fsp3) is 0.400. The summed E-state index contributed by atoms with van der Waals surface area (Å²) in [6.07, 6.45) is 0. The second kappa shape index (κ2) is 4.36. The number of halogens is 3. The lowest BCUT2D eigenvalue weighted by molar-refractivity contribution is 0.141. The van der Waals surface area contributed by atoms with E-state index in [1.54, 1.807) is 0 Å². The summed E-state index contributed by atoms with van der Waals surface area (Å²) in [5, 5.41) is 0.156. The van der Waals surface area contributed by atoms with Gasteiger partial charge in [0.1, 0.15) is 5.82 Å². The van der Waals surface area contributed by atoms with Crippen LogP contribution in [0.25, 0.3) is 0 Å². The summed E-state index contributed by atoms with van der Waals surface area (Å²) in [6, 6.07) is 1.44. The minimum atomic E-state index is -1.36. The molecular formula is C10H13F3OSi. The van der Waals surface area contributed by atoms with E-state index in [1.807, 2.05) is 20.8 Å². The van der Waals surface area contributed by atoms with Crippen molar-refractivity contribution in [1.29, 1.82) is 0 Å². The molecule has 5 heteroatoms. The van der Waals surface area contributed by atoms with Crippen LogP contribution in [-0.4, -0.2) is 15.4 Å². The summed E-state index contributed by atoms with van der Waals surface area (Å²) in [6.45, 7) is 5.49. The van der Waals surface area contributed by atoms with E-state index < -0.39 is 27.2 Å². The Kier molecular flexibility index (Phi) is 3.57. The number of benzene rings is 1. The van der Waals surface area contributed by atoms with Crippen LogP contribution in [0.1, 0.15) is 20.8 Å². The van der Waals surface area contributed by atoms with Crippen molar-refractivity contribution in [2.45, 2.75) is 26.4 Å². The fourth-order valence-corrected chi connectivity index (χ4v) is 2.06. The monoisotopic (exact) mass is 234 g/mol. The maximum atomic E-state index is 13.2. The molecule has 1 aromatic rings. The van der Waals surface area contributed by atoms with Crippen LogP contribution in [0.5, 0.6) is 0 Å². The molecule has 1 rings (SSSR count). The maximum Gasteiger partial charge on any atom is 0.196 e. The van der Waals surface area contributed by atoms with Gasteiger partial charge >= 0.3 is 0 Å². The lowest BCUT2D eigenvalue weighted by atomic mass is 10.2. The quantitative estimate of drug-likeness (QED) is 0.558. The molecule has 0 heterocycles. The van der Waals surface area contributed by atoms with Gasteiger partial charge in [-0.25, -0.2) is 13.2 Å². The summed E-state index contributed by atoms with van der Waals surface area (Å²) in [7, 11) is -1.36. The van der Waals surface area contributed by atoms with Gasteiger partial charge in [0.25, 0.3) is 0 Å². The first-order valence-corrected chi connectivity index (χ1v) is 5.85. The molecule has 0 amide bonds. The van der Waals surface area contributed by atoms with E-state index in [-0.39, 0.29) is 10.8 Å². The second-order valence-corrected chi connectivity index (χ2v) is 5.60. The standard InChI is InChI=1S/C10H13F3OSi/c1-10(2,3)14-15-9-5-7(12)6(11)4-8(9)13/h4-5H,15H2,1-3H3. The van der Waals surface area contributed by atoms with Crippen LogP contribution in [0.2, 0.25) is 0 Å². The first-order chi connectivity index (χ1) is 6.79. The van der Waals surface area contributed by atoms with Gasteiger partial charge < -0.3 is 4.43 Å². The zero-order chi connectivity index (χ0) is 11.6. The van der Waals surface area contributed by atoms with E-state index in [9.17, 15) is 13.2 Å². The van der Waals surface area contributed by atoms with Gasteiger partial charge in [-0.3, -0.25) is 0 Å². The molecule has 0 radical (unpaired) electrons. The first-order valence-electron chi connectivity index (χ1n) is 4.57. The van der Waals surface area contributed by atoms with Crippen molar-refractivity contribution in [2.75, 3.05) is 0 Å². The molecule has 0 aliphatic carbocycles. The Labute approximate surface area is 89.2 Å². The predicted molar refractivity (Wildman–Crippen MR) is 55.3 cm³/mol. The summed E-state index contributed by atoms with van der Waals surface area (Å²) in [5.74, 6) is -2.93. The average Bonchev–Trinajstić information content (AvgIpc) is 2.07. The smallest absolute Gasteiger partial charge is 0.196 e. The third-order valence-electron chi connectivity index (χ3n) is 1.75. The van der Waals surface area contributed by atoms with Crippen LogP contribution >= 0.6 is 0 Å². The van der Waals surface area contributed by atoms with Crippen molar-refractivity contribution in [1.82, 2.24) is 0 Å². The van der Waals surface area contributed by atoms with E-state index in [1.165, 1.54) is 0 Å². The van der Waals surface area contributed by atoms with Gasteiger partial charge in [0.15, 0.2) is 21.4 Å². The molecule has 1 aromatic carbocycles. The highest BCUT2D eigenvalue weighted by Crippen LogP contribution is 2.08. The average molecular weight is 234 g/mol. The van der Waals surface area contributed by atoms with Crippen molar-refractivity contribution in [2.24, 2.45) is 0 Å². The van der Waals surface area contributed by atoms with Gasteiger partial charge in [-0.05, 0) is 26.8 Å². The largest absolute Gasteiger partial charge is 0.414 e. The zero-order valence-corrected chi connectivity index (χ0v) is 10.3. The highest BCUT2D eigenvalue weighted by molar-refractivity contribution is 6.47. The Morgan fingerprint density at radius 3 is 2.07 bits per heavy atom. The number of rotatable bonds is 2. The number of hydrogen-bond donors (Lipinski definition) is 0. The van der Waals surface area contributed by atoms with E-state index in [0.29, 0.717) is 6.07 Å². The van der Waals surface area contributed by atoms with E-state index in [2.05, 4.69) is 0 Å². The molecule has 0 aliphatic heterocycles. The zero-order valence-electron chi connectivity index (χ0n) is 8.90. The molecule has 0 bridgehead atoms. The first kappa shape index (κ1) is 12.3. The van der Waals surface area contributed by atoms with Crippen LogP contribution in [-0.2, 0) is 4.43 Å². The van der Waals surface area contributed by atoms with Gasteiger partial charge in [-0.2, -0.15) is 0 Å². The Hall–Kier alpha value is -0.813. The SMILES string of the molecule is CC(C)(C)O[SiH2]c1cc(F)c(F)cc1F. The summed E-state index contributed by atoms with van der Waals surface area (Å²) < 4.78 is 44.0. The molecule has 0 spiro atoms. The molecule has 0 fully saturated rings.